The van der Waals surface area contributed by atoms with E-state index in [1.165, 1.54) is 0 Å². The third kappa shape index (κ3) is 3.54. The Bertz CT molecular complexity index is 553. The monoisotopic (exact) mass is 278 g/mol. The Morgan fingerprint density at radius 1 is 1.37 bits per heavy atom. The van der Waals surface area contributed by atoms with Gasteiger partial charge >= 0.3 is 0 Å². The second-order valence-electron chi connectivity index (χ2n) is 3.95. The van der Waals surface area contributed by atoms with Crippen LogP contribution in [0.5, 0.6) is 5.75 Å². The molecule has 100 valence electrons. The Labute approximate surface area is 116 Å². The number of nitrogens with zero attached hydrogens (tertiary/aromatic N) is 4. The molecule has 0 fully saturated rings. The normalized spacial score (nSPS) is 10.4. The fourth-order valence-electron chi connectivity index (χ4n) is 1.68. The number of tetrazole rings is 1. The second kappa shape index (κ2) is 6.33. The summed E-state index contributed by atoms with van der Waals surface area (Å²) in [5.74, 6) is 1.50. The first kappa shape index (κ1) is 13.5. The summed E-state index contributed by atoms with van der Waals surface area (Å²) in [4.78, 5) is 10.8. The quantitative estimate of drug-likeness (QED) is 0.810. The lowest BCUT2D eigenvalue weighted by Gasteiger charge is -2.05. The van der Waals surface area contributed by atoms with Gasteiger partial charge in [-0.05, 0) is 41.1 Å². The molecule has 0 aliphatic carbocycles. The number of carbonyl (C=O) groups is 1. The first-order chi connectivity index (χ1) is 9.20. The van der Waals surface area contributed by atoms with Crippen molar-refractivity contribution in [3.05, 3.63) is 30.1 Å². The Morgan fingerprint density at radius 3 is 2.74 bits per heavy atom. The van der Waals surface area contributed by atoms with Crippen LogP contribution in [-0.2, 0) is 11.2 Å². The number of ether oxygens (including phenoxy) is 1. The highest BCUT2D eigenvalue weighted by molar-refractivity contribution is 7.96. The van der Waals surface area contributed by atoms with E-state index in [1.807, 2.05) is 24.3 Å². The van der Waals surface area contributed by atoms with Crippen LogP contribution in [0.1, 0.15) is 18.7 Å². The molecule has 0 N–H and O–H groups in total. The highest BCUT2D eigenvalue weighted by Crippen LogP contribution is 2.15. The van der Waals surface area contributed by atoms with Crippen LogP contribution in [0.4, 0.5) is 0 Å². The lowest BCUT2D eigenvalue weighted by molar-refractivity contribution is -0.110. The van der Waals surface area contributed by atoms with E-state index < -0.39 is 0 Å². The summed E-state index contributed by atoms with van der Waals surface area (Å²) in [6.45, 7) is 0. The van der Waals surface area contributed by atoms with Crippen molar-refractivity contribution in [3.63, 3.8) is 0 Å². The molecule has 0 bridgehead atoms. The van der Waals surface area contributed by atoms with Gasteiger partial charge in [0.2, 0.25) is 0 Å². The number of methoxy groups -OCH3 is 1. The lowest BCUT2D eigenvalue weighted by Crippen LogP contribution is -2.04. The molecule has 0 saturated heterocycles. The maximum atomic E-state index is 10.8. The number of aromatic nitrogens is 4. The number of thiol groups is 1. The summed E-state index contributed by atoms with van der Waals surface area (Å²) in [6, 6.07) is 7.45. The number of hydrogen-bond donors (Lipinski definition) is 1. The SMILES string of the molecule is COc1ccc(-n2nnnc2CCCC(=O)S)cc1. The summed E-state index contributed by atoms with van der Waals surface area (Å²) < 4.78 is 6.76. The van der Waals surface area contributed by atoms with Crippen molar-refractivity contribution in [1.29, 1.82) is 0 Å². The van der Waals surface area contributed by atoms with Crippen molar-refractivity contribution in [1.82, 2.24) is 20.2 Å². The van der Waals surface area contributed by atoms with Crippen LogP contribution < -0.4 is 4.74 Å². The fraction of sp³-hybridized carbons (Fsp3) is 0.333. The van der Waals surface area contributed by atoms with Gasteiger partial charge in [0.05, 0.1) is 12.8 Å². The molecular formula is C12H14N4O2S. The van der Waals surface area contributed by atoms with E-state index in [2.05, 4.69) is 28.2 Å². The average Bonchev–Trinajstić information content (AvgIpc) is 2.87. The maximum Gasteiger partial charge on any atom is 0.185 e. The van der Waals surface area contributed by atoms with Gasteiger partial charge in [0.15, 0.2) is 10.9 Å². The zero-order chi connectivity index (χ0) is 13.7. The Hall–Kier alpha value is -1.89. The highest BCUT2D eigenvalue weighted by Gasteiger charge is 2.08. The van der Waals surface area contributed by atoms with Crippen LogP contribution in [0, 0.1) is 0 Å². The molecule has 6 nitrogen and oxygen atoms in total. The average molecular weight is 278 g/mol. The van der Waals surface area contributed by atoms with Crippen LogP contribution in [0.2, 0.25) is 0 Å². The summed E-state index contributed by atoms with van der Waals surface area (Å²) in [5, 5.41) is 11.5. The standard InChI is InChI=1S/C12H14N4O2S/c1-18-10-7-5-9(6-8-10)16-11(13-14-15-16)3-2-4-12(17)19/h5-8H,2-4H2,1H3,(H,17,19). The number of carbonyl (C=O) groups excluding carboxylic acids is 1. The van der Waals surface area contributed by atoms with Crippen molar-refractivity contribution in [2.75, 3.05) is 7.11 Å². The predicted octanol–water partition coefficient (Wildman–Crippen LogP) is 1.45. The van der Waals surface area contributed by atoms with E-state index in [1.54, 1.807) is 11.8 Å². The Balaban J connectivity index is 2.11. The number of rotatable bonds is 6. The van der Waals surface area contributed by atoms with Gasteiger partial charge in [-0.15, -0.1) is 17.7 Å². The molecule has 1 aromatic carbocycles. The number of aryl methyl sites for hydroxylation is 1. The van der Waals surface area contributed by atoms with Crippen molar-refractivity contribution in [2.45, 2.75) is 19.3 Å². The number of hydrogen-bond acceptors (Lipinski definition) is 5. The molecule has 7 heteroatoms. The second-order valence-corrected chi connectivity index (χ2v) is 4.45. The van der Waals surface area contributed by atoms with Gasteiger partial charge < -0.3 is 4.74 Å². The molecule has 0 atom stereocenters. The van der Waals surface area contributed by atoms with E-state index >= 15 is 0 Å². The fourth-order valence-corrected chi connectivity index (χ4v) is 1.84. The Kier molecular flexibility index (Phi) is 4.51. The van der Waals surface area contributed by atoms with Gasteiger partial charge in [-0.1, -0.05) is 0 Å². The first-order valence-electron chi connectivity index (χ1n) is 5.84. The third-order valence-corrected chi connectivity index (χ3v) is 2.87. The molecular weight excluding hydrogens is 264 g/mol. The molecule has 1 aromatic heterocycles. The van der Waals surface area contributed by atoms with Gasteiger partial charge in [0.25, 0.3) is 0 Å². The molecule has 0 amide bonds. The van der Waals surface area contributed by atoms with Crippen molar-refractivity contribution in [2.24, 2.45) is 0 Å². The molecule has 2 rings (SSSR count). The molecule has 0 radical (unpaired) electrons. The van der Waals surface area contributed by atoms with Crippen LogP contribution in [-0.4, -0.2) is 32.4 Å². The summed E-state index contributed by atoms with van der Waals surface area (Å²) >= 11 is 3.74. The van der Waals surface area contributed by atoms with E-state index in [0.29, 0.717) is 19.3 Å². The van der Waals surface area contributed by atoms with E-state index in [4.69, 9.17) is 4.74 Å². The molecule has 0 unspecified atom stereocenters. The third-order valence-electron chi connectivity index (χ3n) is 2.64. The van der Waals surface area contributed by atoms with Gasteiger partial charge in [-0.25, -0.2) is 0 Å². The zero-order valence-electron chi connectivity index (χ0n) is 10.5. The molecule has 19 heavy (non-hydrogen) atoms. The smallest absolute Gasteiger partial charge is 0.185 e. The van der Waals surface area contributed by atoms with E-state index in [9.17, 15) is 4.79 Å². The largest absolute Gasteiger partial charge is 0.497 e. The van der Waals surface area contributed by atoms with Gasteiger partial charge in [-0.2, -0.15) is 4.68 Å². The zero-order valence-corrected chi connectivity index (χ0v) is 11.4. The Morgan fingerprint density at radius 2 is 2.11 bits per heavy atom. The van der Waals surface area contributed by atoms with Gasteiger partial charge in [0, 0.05) is 12.8 Å². The van der Waals surface area contributed by atoms with Crippen LogP contribution in [0.3, 0.4) is 0 Å². The highest BCUT2D eigenvalue weighted by atomic mass is 32.1. The van der Waals surface area contributed by atoms with Crippen LogP contribution >= 0.6 is 12.6 Å². The first-order valence-corrected chi connectivity index (χ1v) is 6.29. The van der Waals surface area contributed by atoms with E-state index in [0.717, 1.165) is 17.3 Å². The summed E-state index contributed by atoms with van der Waals surface area (Å²) in [7, 11) is 1.62. The van der Waals surface area contributed by atoms with Gasteiger partial charge in [0.1, 0.15) is 5.75 Å². The van der Waals surface area contributed by atoms with Crippen LogP contribution in [0.25, 0.3) is 5.69 Å². The van der Waals surface area contributed by atoms with Crippen molar-refractivity contribution >= 4 is 17.7 Å². The lowest BCUT2D eigenvalue weighted by atomic mass is 10.2. The molecule has 0 spiro atoms. The summed E-state index contributed by atoms with van der Waals surface area (Å²) in [6.07, 6.45) is 1.72. The summed E-state index contributed by atoms with van der Waals surface area (Å²) in [5.41, 5.74) is 0.859. The van der Waals surface area contributed by atoms with Crippen molar-refractivity contribution < 1.29 is 9.53 Å². The van der Waals surface area contributed by atoms with Crippen molar-refractivity contribution in [3.8, 4) is 11.4 Å². The molecule has 0 aliphatic rings. The molecule has 2 aromatic rings. The predicted molar refractivity (Wildman–Crippen MR) is 72.6 cm³/mol. The maximum absolute atomic E-state index is 10.8. The molecule has 0 saturated carbocycles. The minimum atomic E-state index is -0.122. The topological polar surface area (TPSA) is 69.9 Å². The minimum Gasteiger partial charge on any atom is -0.497 e. The number of benzene rings is 1. The van der Waals surface area contributed by atoms with Crippen LogP contribution in [0.15, 0.2) is 24.3 Å². The molecule has 0 aliphatic heterocycles. The van der Waals surface area contributed by atoms with Gasteiger partial charge in [-0.3, -0.25) is 4.79 Å². The minimum absolute atomic E-state index is 0.122. The van der Waals surface area contributed by atoms with E-state index in [-0.39, 0.29) is 5.12 Å². The molecule has 1 heterocycles.